The molecule has 0 aliphatic carbocycles. The summed E-state index contributed by atoms with van der Waals surface area (Å²) in [5, 5.41) is 5.10. The summed E-state index contributed by atoms with van der Waals surface area (Å²) >= 11 is 2.74. The van der Waals surface area contributed by atoms with Crippen molar-refractivity contribution in [3.8, 4) is 0 Å². The molecule has 7 nitrogen and oxygen atoms in total. The Balaban J connectivity index is 1.95. The maximum Gasteiger partial charge on any atom is 0.251 e. The van der Waals surface area contributed by atoms with E-state index in [1.807, 2.05) is 45.2 Å². The minimum atomic E-state index is -0.337. The average Bonchev–Trinajstić information content (AvgIpc) is 3.10. The van der Waals surface area contributed by atoms with E-state index in [0.29, 0.717) is 17.4 Å². The number of thiophene rings is 1. The zero-order valence-electron chi connectivity index (χ0n) is 16.5. The van der Waals surface area contributed by atoms with Crippen LogP contribution in [0.15, 0.2) is 33.5 Å². The van der Waals surface area contributed by atoms with Crippen molar-refractivity contribution < 1.29 is 9.59 Å². The van der Waals surface area contributed by atoms with Crippen LogP contribution in [0.3, 0.4) is 0 Å². The number of aromatic amines is 1. The Morgan fingerprint density at radius 3 is 2.61 bits per heavy atom. The molecule has 0 spiro atoms. The van der Waals surface area contributed by atoms with Gasteiger partial charge in [0.25, 0.3) is 5.56 Å². The summed E-state index contributed by atoms with van der Waals surface area (Å²) in [5.41, 5.74) is 0.0440. The molecule has 2 aromatic rings. The molecule has 2 amide bonds. The second-order valence-electron chi connectivity index (χ2n) is 6.85. The Bertz CT molecular complexity index is 839. The van der Waals surface area contributed by atoms with Crippen molar-refractivity contribution in [2.24, 2.45) is 0 Å². The fourth-order valence-corrected chi connectivity index (χ4v) is 4.25. The van der Waals surface area contributed by atoms with E-state index in [2.05, 4.69) is 15.3 Å². The monoisotopic (exact) mass is 422 g/mol. The van der Waals surface area contributed by atoms with Crippen molar-refractivity contribution in [1.82, 2.24) is 20.2 Å². The highest BCUT2D eigenvalue weighted by molar-refractivity contribution is 7.99. The second-order valence-corrected chi connectivity index (χ2v) is 8.85. The van der Waals surface area contributed by atoms with E-state index in [0.717, 1.165) is 4.88 Å². The maximum atomic E-state index is 12.5. The predicted molar refractivity (Wildman–Crippen MR) is 113 cm³/mol. The average molecular weight is 423 g/mol. The van der Waals surface area contributed by atoms with Crippen LogP contribution in [0.2, 0.25) is 0 Å². The van der Waals surface area contributed by atoms with Gasteiger partial charge in [0.05, 0.1) is 24.4 Å². The van der Waals surface area contributed by atoms with E-state index in [-0.39, 0.29) is 41.6 Å². The molecule has 0 aliphatic rings. The highest BCUT2D eigenvalue weighted by Gasteiger charge is 2.20. The first-order valence-corrected chi connectivity index (χ1v) is 11.0. The van der Waals surface area contributed by atoms with Crippen LogP contribution in [-0.4, -0.2) is 44.5 Å². The third kappa shape index (κ3) is 6.79. The molecule has 0 fully saturated rings. The van der Waals surface area contributed by atoms with E-state index in [4.69, 9.17) is 0 Å². The molecule has 9 heteroatoms. The van der Waals surface area contributed by atoms with Gasteiger partial charge in [-0.25, -0.2) is 4.98 Å². The fourth-order valence-electron chi connectivity index (χ4n) is 2.85. The number of H-pyrrole nitrogens is 1. The van der Waals surface area contributed by atoms with Gasteiger partial charge in [0, 0.05) is 23.0 Å². The number of aromatic nitrogens is 2. The van der Waals surface area contributed by atoms with Crippen molar-refractivity contribution in [2.45, 2.75) is 57.9 Å². The molecule has 2 N–H and O–H groups in total. The number of nitrogens with zero attached hydrogens (tertiary/aromatic N) is 2. The lowest BCUT2D eigenvalue weighted by molar-refractivity contribution is -0.131. The first-order valence-electron chi connectivity index (χ1n) is 9.09. The molecule has 0 unspecified atom stereocenters. The SMILES string of the molecule is CC(C)N(C(=O)CSc1nc(CC(=O)NCc2cccs2)cc(=O)[nH]1)C(C)C. The summed E-state index contributed by atoms with van der Waals surface area (Å²) in [7, 11) is 0. The predicted octanol–water partition coefficient (Wildman–Crippen LogP) is 2.43. The van der Waals surface area contributed by atoms with Gasteiger partial charge >= 0.3 is 0 Å². The summed E-state index contributed by atoms with van der Waals surface area (Å²) in [6.07, 6.45) is 0.0148. The molecule has 0 radical (unpaired) electrons. The molecule has 0 atom stereocenters. The van der Waals surface area contributed by atoms with Crippen LogP contribution in [0, 0.1) is 0 Å². The van der Waals surface area contributed by atoms with Gasteiger partial charge in [-0.1, -0.05) is 17.8 Å². The topological polar surface area (TPSA) is 95.2 Å². The van der Waals surface area contributed by atoms with Gasteiger partial charge in [-0.3, -0.25) is 14.4 Å². The summed E-state index contributed by atoms with van der Waals surface area (Å²) in [6.45, 7) is 8.34. The van der Waals surface area contributed by atoms with Crippen LogP contribution in [0.4, 0.5) is 0 Å². The van der Waals surface area contributed by atoms with Crippen LogP contribution in [0.1, 0.15) is 38.3 Å². The van der Waals surface area contributed by atoms with Crippen molar-refractivity contribution in [3.63, 3.8) is 0 Å². The molecule has 152 valence electrons. The van der Waals surface area contributed by atoms with Crippen LogP contribution in [-0.2, 0) is 22.6 Å². The zero-order chi connectivity index (χ0) is 20.7. The van der Waals surface area contributed by atoms with Crippen LogP contribution in [0.25, 0.3) is 0 Å². The third-order valence-electron chi connectivity index (χ3n) is 3.89. The lowest BCUT2D eigenvalue weighted by Gasteiger charge is -2.30. The summed E-state index contributed by atoms with van der Waals surface area (Å²) in [4.78, 5) is 46.3. The lowest BCUT2D eigenvalue weighted by Crippen LogP contribution is -2.43. The number of carbonyl (C=O) groups excluding carboxylic acids is 2. The Morgan fingerprint density at radius 1 is 1.29 bits per heavy atom. The minimum absolute atomic E-state index is 0.0148. The van der Waals surface area contributed by atoms with Gasteiger partial charge in [0.15, 0.2) is 5.16 Å². The van der Waals surface area contributed by atoms with Crippen LogP contribution in [0.5, 0.6) is 0 Å². The molecule has 2 rings (SSSR count). The molecule has 0 aliphatic heterocycles. The molecule has 2 heterocycles. The Labute approximate surface area is 172 Å². The highest BCUT2D eigenvalue weighted by Crippen LogP contribution is 2.15. The van der Waals surface area contributed by atoms with E-state index >= 15 is 0 Å². The molecular weight excluding hydrogens is 396 g/mol. The lowest BCUT2D eigenvalue weighted by atomic mass is 10.2. The molecule has 28 heavy (non-hydrogen) atoms. The number of hydrogen-bond acceptors (Lipinski definition) is 6. The largest absolute Gasteiger partial charge is 0.351 e. The van der Waals surface area contributed by atoms with Gasteiger partial charge in [-0.15, -0.1) is 11.3 Å². The van der Waals surface area contributed by atoms with Gasteiger partial charge in [0.1, 0.15) is 0 Å². The van der Waals surface area contributed by atoms with Gasteiger partial charge in [-0.05, 0) is 39.1 Å². The van der Waals surface area contributed by atoms with E-state index in [9.17, 15) is 14.4 Å². The Morgan fingerprint density at radius 2 is 2.00 bits per heavy atom. The Hall–Kier alpha value is -2.13. The second kappa shape index (κ2) is 10.4. The molecular formula is C19H26N4O3S2. The number of hydrogen-bond donors (Lipinski definition) is 2. The van der Waals surface area contributed by atoms with Crippen molar-refractivity contribution in [3.05, 3.63) is 44.5 Å². The molecule has 0 aromatic carbocycles. The summed E-state index contributed by atoms with van der Waals surface area (Å²) < 4.78 is 0. The van der Waals surface area contributed by atoms with Crippen LogP contribution >= 0.6 is 23.1 Å². The minimum Gasteiger partial charge on any atom is -0.351 e. The molecule has 0 saturated carbocycles. The van der Waals surface area contributed by atoms with E-state index < -0.39 is 0 Å². The van der Waals surface area contributed by atoms with Crippen molar-refractivity contribution >= 4 is 34.9 Å². The number of nitrogens with one attached hydrogen (secondary N) is 2. The van der Waals surface area contributed by atoms with Gasteiger partial charge < -0.3 is 15.2 Å². The first kappa shape index (κ1) is 22.2. The normalized spacial score (nSPS) is 11.1. The maximum absolute atomic E-state index is 12.5. The Kier molecular flexibility index (Phi) is 8.25. The van der Waals surface area contributed by atoms with Crippen molar-refractivity contribution in [2.75, 3.05) is 5.75 Å². The summed E-state index contributed by atoms with van der Waals surface area (Å²) in [6, 6.07) is 5.37. The number of thioether (sulfide) groups is 1. The van der Waals surface area contributed by atoms with Crippen LogP contribution < -0.4 is 10.9 Å². The zero-order valence-corrected chi connectivity index (χ0v) is 18.2. The highest BCUT2D eigenvalue weighted by atomic mass is 32.2. The quantitative estimate of drug-likeness (QED) is 0.478. The molecule has 2 aromatic heterocycles. The number of rotatable bonds is 9. The summed E-state index contributed by atoms with van der Waals surface area (Å²) in [5.74, 6) is -0.0473. The van der Waals surface area contributed by atoms with E-state index in [1.165, 1.54) is 17.8 Å². The first-order chi connectivity index (χ1) is 13.3. The standard InChI is InChI=1S/C19H26N4O3S2/c1-12(2)23(13(3)4)18(26)11-28-19-21-14(9-17(25)22-19)8-16(24)20-10-15-6-5-7-27-15/h5-7,9,12-13H,8,10-11H2,1-4H3,(H,20,24)(H,21,22,25). The number of amides is 2. The fraction of sp³-hybridized carbons (Fsp3) is 0.474. The van der Waals surface area contributed by atoms with Crippen molar-refractivity contribution in [1.29, 1.82) is 0 Å². The van der Waals surface area contributed by atoms with E-state index in [1.54, 1.807) is 16.2 Å². The smallest absolute Gasteiger partial charge is 0.251 e. The van der Waals surface area contributed by atoms with Gasteiger partial charge in [0.2, 0.25) is 11.8 Å². The third-order valence-corrected chi connectivity index (χ3v) is 5.62. The number of carbonyl (C=O) groups is 2. The molecule has 0 bridgehead atoms. The molecule has 0 saturated heterocycles. The van der Waals surface area contributed by atoms with Gasteiger partial charge in [-0.2, -0.15) is 0 Å².